The molecule has 0 atom stereocenters. The second kappa shape index (κ2) is 13.4. The van der Waals surface area contributed by atoms with E-state index in [0.29, 0.717) is 52.9 Å². The van der Waals surface area contributed by atoms with Gasteiger partial charge in [-0.3, -0.25) is 0 Å². The van der Waals surface area contributed by atoms with Crippen molar-refractivity contribution in [2.24, 2.45) is 0 Å². The molecule has 8 heteroatoms. The lowest BCUT2D eigenvalue weighted by Gasteiger charge is -2.08. The molecule has 0 saturated carbocycles. The summed E-state index contributed by atoms with van der Waals surface area (Å²) in [4.78, 5) is 5.21. The first-order chi connectivity index (χ1) is 15.9. The summed E-state index contributed by atoms with van der Waals surface area (Å²) in [6.07, 6.45) is 0. The van der Waals surface area contributed by atoms with Gasteiger partial charge < -0.3 is 18.9 Å². The molecule has 0 bridgehead atoms. The van der Waals surface area contributed by atoms with Crippen LogP contribution >= 0.6 is 45.3 Å². The van der Waals surface area contributed by atoms with Crippen molar-refractivity contribution < 1.29 is 18.9 Å². The van der Waals surface area contributed by atoms with Gasteiger partial charge in [0.2, 0.25) is 0 Å². The number of hydrogen-bond donors (Lipinski definition) is 0. The molecule has 4 rings (SSSR count). The third-order valence-electron chi connectivity index (χ3n) is 4.61. The minimum Gasteiger partial charge on any atom is -0.377 e. The van der Waals surface area contributed by atoms with Crippen LogP contribution in [0.3, 0.4) is 0 Å². The van der Waals surface area contributed by atoms with Crippen molar-refractivity contribution in [2.75, 3.05) is 39.6 Å². The summed E-state index contributed by atoms with van der Waals surface area (Å²) in [6, 6.07) is 12.7. The number of ether oxygens (including phenoxy) is 4. The molecule has 0 radical (unpaired) electrons. The van der Waals surface area contributed by atoms with Gasteiger partial charge in [-0.05, 0) is 56.9 Å². The first kappa shape index (κ1) is 23.8. The zero-order valence-electron chi connectivity index (χ0n) is 17.7. The van der Waals surface area contributed by atoms with Gasteiger partial charge in [-0.1, -0.05) is 12.1 Å². The molecule has 4 nitrogen and oxygen atoms in total. The maximum Gasteiger partial charge on any atom is 0.0732 e. The molecule has 4 heterocycles. The summed E-state index contributed by atoms with van der Waals surface area (Å²) in [7, 11) is 0. The lowest BCUT2D eigenvalue weighted by Crippen LogP contribution is -2.11. The van der Waals surface area contributed by atoms with Crippen LogP contribution in [0.4, 0.5) is 0 Å². The fourth-order valence-electron chi connectivity index (χ4n) is 3.07. The third-order valence-corrected chi connectivity index (χ3v) is 8.63. The predicted molar refractivity (Wildman–Crippen MR) is 136 cm³/mol. The minimum absolute atomic E-state index is 0.565. The van der Waals surface area contributed by atoms with E-state index in [9.17, 15) is 0 Å². The number of rotatable bonds is 15. The highest BCUT2D eigenvalue weighted by Crippen LogP contribution is 2.34. The monoisotopic (exact) mass is 506 g/mol. The highest BCUT2D eigenvalue weighted by Gasteiger charge is 2.09. The molecule has 4 aromatic rings. The van der Waals surface area contributed by atoms with E-state index in [2.05, 4.69) is 57.9 Å². The van der Waals surface area contributed by atoms with E-state index in [0.717, 1.165) is 0 Å². The van der Waals surface area contributed by atoms with Gasteiger partial charge in [0.05, 0.1) is 52.9 Å². The van der Waals surface area contributed by atoms with Crippen molar-refractivity contribution in [1.82, 2.24) is 0 Å². The largest absolute Gasteiger partial charge is 0.377 e. The van der Waals surface area contributed by atoms with Crippen molar-refractivity contribution in [3.63, 3.8) is 0 Å². The van der Waals surface area contributed by atoms with Crippen LogP contribution in [0.1, 0.15) is 11.1 Å². The molecule has 0 aromatic carbocycles. The summed E-state index contributed by atoms with van der Waals surface area (Å²) < 4.78 is 22.7. The highest BCUT2D eigenvalue weighted by molar-refractivity contribution is 7.21. The molecular weight excluding hydrogens is 481 g/mol. The van der Waals surface area contributed by atoms with Crippen molar-refractivity contribution in [3.05, 3.63) is 69.0 Å². The highest BCUT2D eigenvalue weighted by atomic mass is 32.1. The van der Waals surface area contributed by atoms with Gasteiger partial charge >= 0.3 is 0 Å². The first-order valence-electron chi connectivity index (χ1n) is 10.4. The number of thiophene rings is 4. The number of hydrogen-bond acceptors (Lipinski definition) is 8. The van der Waals surface area contributed by atoms with Crippen molar-refractivity contribution >= 4 is 45.3 Å². The molecule has 0 fully saturated rings. The molecule has 0 N–H and O–H groups in total. The lowest BCUT2D eigenvalue weighted by atomic mass is 10.2. The van der Waals surface area contributed by atoms with Gasteiger partial charge in [-0.2, -0.15) is 0 Å². The summed E-state index contributed by atoms with van der Waals surface area (Å²) in [5.74, 6) is 0. The van der Waals surface area contributed by atoms with Gasteiger partial charge in [-0.15, -0.1) is 45.3 Å². The van der Waals surface area contributed by atoms with Crippen LogP contribution in [0.5, 0.6) is 0 Å². The fraction of sp³-hybridized carbons (Fsp3) is 0.333. The normalized spacial score (nSPS) is 11.4. The molecular formula is C24H26O4S4. The van der Waals surface area contributed by atoms with E-state index >= 15 is 0 Å². The van der Waals surface area contributed by atoms with E-state index in [4.69, 9.17) is 18.9 Å². The quantitative estimate of drug-likeness (QED) is 0.162. The molecule has 0 amide bonds. The topological polar surface area (TPSA) is 36.9 Å². The Bertz CT molecular complexity index is 922. The molecule has 4 aromatic heterocycles. The maximum atomic E-state index is 5.78. The van der Waals surface area contributed by atoms with Crippen LogP contribution in [0.15, 0.2) is 57.9 Å². The van der Waals surface area contributed by atoms with Crippen LogP contribution in [0.2, 0.25) is 0 Å². The van der Waals surface area contributed by atoms with Crippen LogP contribution in [-0.2, 0) is 32.2 Å². The van der Waals surface area contributed by atoms with Crippen LogP contribution in [0.25, 0.3) is 19.5 Å². The van der Waals surface area contributed by atoms with Crippen LogP contribution in [0, 0.1) is 0 Å². The SMILES string of the molecule is c1csc(-c2sccc2COCCOCCOCCOCc2ccsc2-c2cccs2)c1. The van der Waals surface area contributed by atoms with Gasteiger partial charge in [0.25, 0.3) is 0 Å². The summed E-state index contributed by atoms with van der Waals surface area (Å²) in [6.45, 7) is 4.67. The molecule has 0 spiro atoms. The van der Waals surface area contributed by atoms with Gasteiger partial charge in [0.15, 0.2) is 0 Å². The Morgan fingerprint density at radius 1 is 0.469 bits per heavy atom. The van der Waals surface area contributed by atoms with E-state index < -0.39 is 0 Å². The summed E-state index contributed by atoms with van der Waals surface area (Å²) in [5.41, 5.74) is 2.48. The second-order valence-corrected chi connectivity index (χ2v) is 10.6. The van der Waals surface area contributed by atoms with Crippen LogP contribution in [-0.4, -0.2) is 39.6 Å². The lowest BCUT2D eigenvalue weighted by molar-refractivity contribution is -0.00605. The molecule has 0 saturated heterocycles. The Morgan fingerprint density at radius 2 is 0.906 bits per heavy atom. The van der Waals surface area contributed by atoms with Crippen molar-refractivity contribution in [3.8, 4) is 19.5 Å². The zero-order valence-corrected chi connectivity index (χ0v) is 21.0. The molecule has 0 aliphatic heterocycles. The Balaban J connectivity index is 0.991. The molecule has 32 heavy (non-hydrogen) atoms. The smallest absolute Gasteiger partial charge is 0.0732 e. The molecule has 170 valence electrons. The summed E-state index contributed by atoms with van der Waals surface area (Å²) >= 11 is 7.05. The predicted octanol–water partition coefficient (Wildman–Crippen LogP) is 7.03. The van der Waals surface area contributed by atoms with E-state index in [1.54, 1.807) is 45.3 Å². The van der Waals surface area contributed by atoms with E-state index in [1.165, 1.54) is 30.6 Å². The standard InChI is InChI=1S/C24H26O4S4/c1-3-21(29-13-1)23-19(5-15-31-23)17-27-11-9-25-7-8-26-10-12-28-18-20-6-16-32-24(20)22-4-2-14-30-22/h1-6,13-16H,7-12,17-18H2. The molecule has 0 unspecified atom stereocenters. The average molecular weight is 507 g/mol. The maximum absolute atomic E-state index is 5.78. The van der Waals surface area contributed by atoms with E-state index in [-0.39, 0.29) is 0 Å². The average Bonchev–Trinajstić information content (AvgIpc) is 3.61. The van der Waals surface area contributed by atoms with Crippen LogP contribution < -0.4 is 0 Å². The zero-order chi connectivity index (χ0) is 21.8. The third kappa shape index (κ3) is 7.07. The summed E-state index contributed by atoms with van der Waals surface area (Å²) in [5, 5.41) is 8.45. The van der Waals surface area contributed by atoms with Gasteiger partial charge in [-0.25, -0.2) is 0 Å². The van der Waals surface area contributed by atoms with Crippen molar-refractivity contribution in [1.29, 1.82) is 0 Å². The Hall–Kier alpha value is -1.36. The Labute approximate surface area is 205 Å². The second-order valence-electron chi connectivity index (χ2n) is 6.83. The Kier molecular flexibility index (Phi) is 9.94. The Morgan fingerprint density at radius 3 is 1.31 bits per heavy atom. The molecule has 0 aliphatic carbocycles. The first-order valence-corrected chi connectivity index (χ1v) is 13.9. The minimum atomic E-state index is 0.565. The fourth-order valence-corrected chi connectivity index (χ4v) is 6.71. The van der Waals surface area contributed by atoms with Gasteiger partial charge in [0, 0.05) is 19.5 Å². The van der Waals surface area contributed by atoms with Crippen molar-refractivity contribution in [2.45, 2.75) is 13.2 Å². The van der Waals surface area contributed by atoms with Gasteiger partial charge in [0.1, 0.15) is 0 Å². The molecule has 0 aliphatic rings. The van der Waals surface area contributed by atoms with E-state index in [1.807, 2.05) is 0 Å².